The number of halogens is 1. The van der Waals surface area contributed by atoms with Crippen LogP contribution in [-0.2, 0) is 11.5 Å². The maximum Gasteiger partial charge on any atom is 0.0991 e. The van der Waals surface area contributed by atoms with Crippen molar-refractivity contribution < 1.29 is 0 Å². The molecule has 96 valence electrons. The van der Waals surface area contributed by atoms with Gasteiger partial charge in [-0.15, -0.1) is 0 Å². The summed E-state index contributed by atoms with van der Waals surface area (Å²) in [6.07, 6.45) is 0. The second-order valence-corrected chi connectivity index (χ2v) is 5.73. The van der Waals surface area contributed by atoms with Crippen molar-refractivity contribution in [3.63, 3.8) is 0 Å². The molecule has 0 saturated heterocycles. The minimum atomic E-state index is 0.720. The highest BCUT2D eigenvalue weighted by atomic mass is 35.5. The van der Waals surface area contributed by atoms with Crippen molar-refractivity contribution in [3.8, 4) is 6.07 Å². The average Bonchev–Trinajstić information content (AvgIpc) is 2.42. The van der Waals surface area contributed by atoms with E-state index >= 15 is 0 Å². The number of rotatable bonds is 4. The van der Waals surface area contributed by atoms with Gasteiger partial charge in [0.05, 0.1) is 11.6 Å². The van der Waals surface area contributed by atoms with E-state index in [-0.39, 0.29) is 0 Å². The summed E-state index contributed by atoms with van der Waals surface area (Å²) in [6, 6.07) is 15.9. The molecule has 0 heterocycles. The van der Waals surface area contributed by atoms with Crippen molar-refractivity contribution >= 4 is 23.4 Å². The van der Waals surface area contributed by atoms with E-state index in [4.69, 9.17) is 16.9 Å². The fourth-order valence-electron chi connectivity index (χ4n) is 1.81. The first-order chi connectivity index (χ1) is 9.20. The first kappa shape index (κ1) is 14.0. The van der Waals surface area contributed by atoms with Gasteiger partial charge in [-0.25, -0.2) is 0 Å². The highest BCUT2D eigenvalue weighted by Crippen LogP contribution is 2.24. The van der Waals surface area contributed by atoms with Gasteiger partial charge in [-0.1, -0.05) is 35.9 Å². The van der Waals surface area contributed by atoms with Crippen molar-refractivity contribution in [2.24, 2.45) is 0 Å². The van der Waals surface area contributed by atoms with Crippen LogP contribution in [0.5, 0.6) is 0 Å². The molecule has 0 amide bonds. The first-order valence-electron chi connectivity index (χ1n) is 6.01. The molecular weight excluding hydrogens is 274 g/mol. The fourth-order valence-corrected chi connectivity index (χ4v) is 3.21. The molecule has 3 heteroatoms. The highest BCUT2D eigenvalue weighted by molar-refractivity contribution is 7.97. The Labute approximate surface area is 123 Å². The van der Waals surface area contributed by atoms with Gasteiger partial charge < -0.3 is 0 Å². The second-order valence-electron chi connectivity index (χ2n) is 4.34. The Morgan fingerprint density at radius 3 is 2.53 bits per heavy atom. The van der Waals surface area contributed by atoms with Crippen LogP contribution in [0.15, 0.2) is 42.5 Å². The topological polar surface area (TPSA) is 23.8 Å². The number of aryl methyl sites for hydroxylation is 1. The van der Waals surface area contributed by atoms with E-state index < -0.39 is 0 Å². The van der Waals surface area contributed by atoms with Gasteiger partial charge in [-0.2, -0.15) is 17.0 Å². The van der Waals surface area contributed by atoms with Crippen LogP contribution in [0.3, 0.4) is 0 Å². The molecule has 0 saturated carbocycles. The predicted octanol–water partition coefficient (Wildman–Crippen LogP) is 4.95. The van der Waals surface area contributed by atoms with Gasteiger partial charge in [0.2, 0.25) is 0 Å². The van der Waals surface area contributed by atoms with Crippen LogP contribution >= 0.6 is 23.4 Å². The Kier molecular flexibility index (Phi) is 4.90. The molecular formula is C16H14ClNS. The summed E-state index contributed by atoms with van der Waals surface area (Å²) in [5, 5.41) is 9.66. The second kappa shape index (κ2) is 6.65. The zero-order chi connectivity index (χ0) is 13.7. The van der Waals surface area contributed by atoms with Gasteiger partial charge in [0.1, 0.15) is 0 Å². The van der Waals surface area contributed by atoms with Gasteiger partial charge in [0.15, 0.2) is 0 Å². The number of hydrogen-bond donors (Lipinski definition) is 0. The fraction of sp³-hybridized carbons (Fsp3) is 0.188. The molecule has 0 aromatic heterocycles. The molecule has 0 fully saturated rings. The third-order valence-electron chi connectivity index (χ3n) is 2.94. The quantitative estimate of drug-likeness (QED) is 0.794. The van der Waals surface area contributed by atoms with Gasteiger partial charge in [-0.3, -0.25) is 0 Å². The molecule has 2 aromatic carbocycles. The molecule has 1 nitrogen and oxygen atoms in total. The van der Waals surface area contributed by atoms with Gasteiger partial charge in [-0.05, 0) is 41.8 Å². The Morgan fingerprint density at radius 1 is 1.11 bits per heavy atom. The Morgan fingerprint density at radius 2 is 1.84 bits per heavy atom. The van der Waals surface area contributed by atoms with Crippen LogP contribution in [-0.4, -0.2) is 0 Å². The maximum atomic E-state index is 8.84. The Balaban J connectivity index is 1.97. The third-order valence-corrected chi connectivity index (χ3v) is 4.34. The molecule has 0 bridgehead atoms. The minimum Gasteiger partial charge on any atom is -0.192 e. The molecule has 19 heavy (non-hydrogen) atoms. The number of hydrogen-bond acceptors (Lipinski definition) is 2. The van der Waals surface area contributed by atoms with E-state index in [9.17, 15) is 0 Å². The highest BCUT2D eigenvalue weighted by Gasteiger charge is 2.02. The van der Waals surface area contributed by atoms with Crippen LogP contribution in [0.4, 0.5) is 0 Å². The van der Waals surface area contributed by atoms with Crippen molar-refractivity contribution in [1.29, 1.82) is 5.26 Å². The summed E-state index contributed by atoms with van der Waals surface area (Å²) in [4.78, 5) is 0. The summed E-state index contributed by atoms with van der Waals surface area (Å²) >= 11 is 7.96. The van der Waals surface area contributed by atoms with Crippen molar-refractivity contribution in [2.75, 3.05) is 0 Å². The first-order valence-corrected chi connectivity index (χ1v) is 7.55. The van der Waals surface area contributed by atoms with Crippen LogP contribution in [0.25, 0.3) is 0 Å². The summed E-state index contributed by atoms with van der Waals surface area (Å²) in [6.45, 7) is 2.05. The lowest BCUT2D eigenvalue weighted by atomic mass is 10.1. The van der Waals surface area contributed by atoms with E-state index in [1.54, 1.807) is 0 Å². The van der Waals surface area contributed by atoms with Gasteiger partial charge in [0, 0.05) is 16.5 Å². The Hall–Kier alpha value is -1.43. The smallest absolute Gasteiger partial charge is 0.0991 e. The van der Waals surface area contributed by atoms with Crippen molar-refractivity contribution in [2.45, 2.75) is 18.4 Å². The lowest BCUT2D eigenvalue weighted by Crippen LogP contribution is -1.89. The molecule has 0 spiro atoms. The number of thioether (sulfide) groups is 1. The van der Waals surface area contributed by atoms with Crippen molar-refractivity contribution in [1.82, 2.24) is 0 Å². The minimum absolute atomic E-state index is 0.720. The number of nitrogens with zero attached hydrogens (tertiary/aromatic N) is 1. The lowest BCUT2D eigenvalue weighted by molar-refractivity contribution is 1.28. The van der Waals surface area contributed by atoms with Crippen LogP contribution in [0.2, 0.25) is 5.02 Å². The largest absolute Gasteiger partial charge is 0.192 e. The van der Waals surface area contributed by atoms with Gasteiger partial charge in [0.25, 0.3) is 0 Å². The molecule has 2 rings (SSSR count). The summed E-state index contributed by atoms with van der Waals surface area (Å²) in [5.74, 6) is 1.84. The summed E-state index contributed by atoms with van der Waals surface area (Å²) in [7, 11) is 0. The third kappa shape index (κ3) is 3.76. The standard InChI is InChI=1S/C16H14ClNS/c1-12-8-13(9-18)6-7-14(12)10-19-11-15-4-2-3-5-16(15)17/h2-8H,10-11H2,1H3. The van der Waals surface area contributed by atoms with Crippen molar-refractivity contribution in [3.05, 3.63) is 69.7 Å². The summed E-state index contributed by atoms with van der Waals surface area (Å²) in [5.41, 5.74) is 4.33. The Bertz CT molecular complexity index is 616. The SMILES string of the molecule is Cc1cc(C#N)ccc1CSCc1ccccc1Cl. The molecule has 0 aliphatic rings. The van der Waals surface area contributed by atoms with Crippen LogP contribution in [0, 0.1) is 18.3 Å². The monoisotopic (exact) mass is 287 g/mol. The maximum absolute atomic E-state index is 8.84. The van der Waals surface area contributed by atoms with Gasteiger partial charge >= 0.3 is 0 Å². The van der Waals surface area contributed by atoms with E-state index in [1.807, 2.05) is 55.1 Å². The molecule has 0 atom stereocenters. The summed E-state index contributed by atoms with van der Waals surface area (Å²) < 4.78 is 0. The lowest BCUT2D eigenvalue weighted by Gasteiger charge is -2.07. The predicted molar refractivity (Wildman–Crippen MR) is 82.3 cm³/mol. The molecule has 0 N–H and O–H groups in total. The number of nitriles is 1. The molecule has 0 aliphatic heterocycles. The van der Waals surface area contributed by atoms with Crippen LogP contribution < -0.4 is 0 Å². The molecule has 0 unspecified atom stereocenters. The average molecular weight is 288 g/mol. The zero-order valence-electron chi connectivity index (χ0n) is 10.7. The van der Waals surface area contributed by atoms with E-state index in [2.05, 4.69) is 12.1 Å². The van der Waals surface area contributed by atoms with Crippen LogP contribution in [0.1, 0.15) is 22.3 Å². The normalized spacial score (nSPS) is 10.2. The molecule has 0 aliphatic carbocycles. The van der Waals surface area contributed by atoms with E-state index in [0.29, 0.717) is 0 Å². The zero-order valence-corrected chi connectivity index (χ0v) is 12.3. The number of benzene rings is 2. The molecule has 2 aromatic rings. The van der Waals surface area contributed by atoms with E-state index in [1.165, 1.54) is 16.7 Å². The van der Waals surface area contributed by atoms with E-state index in [0.717, 1.165) is 22.1 Å². The molecule has 0 radical (unpaired) electrons.